The van der Waals surface area contributed by atoms with Crippen LogP contribution in [0.25, 0.3) is 0 Å². The zero-order valence-corrected chi connectivity index (χ0v) is 14.2. The van der Waals surface area contributed by atoms with Gasteiger partial charge in [0.2, 0.25) is 0 Å². The first-order chi connectivity index (χ1) is 12.3. The number of esters is 1. The van der Waals surface area contributed by atoms with E-state index in [1.165, 1.54) is 0 Å². The minimum absolute atomic E-state index is 0.0649. The number of hydrogen-bond donors (Lipinski definition) is 5. The van der Waals surface area contributed by atoms with Crippen molar-refractivity contribution in [2.75, 3.05) is 13.2 Å². The molecule has 0 aromatic carbocycles. The van der Waals surface area contributed by atoms with Crippen LogP contribution < -0.4 is 0 Å². The van der Waals surface area contributed by atoms with E-state index in [1.807, 2.05) is 6.92 Å². The lowest BCUT2D eigenvalue weighted by molar-refractivity contribution is -0.359. The molecule has 0 bridgehead atoms. The molecule has 11 atom stereocenters. The Morgan fingerprint density at radius 3 is 2.62 bits per heavy atom. The standard InChI is InChI=1S/C16H24O10/c1-5-2-6-9-8(13(21)24-6)14(23-4-16(5,9)22)26-15-12(20)11(19)10(18)7(3-17)25-15/h5-12,14-15,17-20,22H,2-4H2,1H3/t5-,6-,7+,8+,9+,10+,11-,12+,14-,15-,16-/m0/s1. The summed E-state index contributed by atoms with van der Waals surface area (Å²) in [6.07, 6.45) is -8.31. The molecule has 4 aliphatic rings. The van der Waals surface area contributed by atoms with Crippen LogP contribution in [-0.2, 0) is 23.7 Å². The lowest BCUT2D eigenvalue weighted by Gasteiger charge is -2.45. The van der Waals surface area contributed by atoms with Gasteiger partial charge in [-0.1, -0.05) is 6.92 Å². The molecule has 10 heteroatoms. The van der Waals surface area contributed by atoms with E-state index in [0.717, 1.165) is 0 Å². The first-order valence-electron chi connectivity index (χ1n) is 8.78. The van der Waals surface area contributed by atoms with Gasteiger partial charge in [-0.3, -0.25) is 4.79 Å². The SMILES string of the molecule is C[C@H]1C[C@@H]2OC(=O)[C@@H]3[C@H](O[C@@H]4O[C@H](CO)[C@@H](O)[C@H](O)[C@H]4O)OC[C@@]1(O)[C@@H]32. The van der Waals surface area contributed by atoms with E-state index in [1.54, 1.807) is 0 Å². The number of carbonyl (C=O) groups is 1. The Kier molecular flexibility index (Phi) is 4.52. The van der Waals surface area contributed by atoms with Crippen LogP contribution in [0.4, 0.5) is 0 Å². The molecule has 5 N–H and O–H groups in total. The fourth-order valence-corrected chi connectivity index (χ4v) is 4.66. The van der Waals surface area contributed by atoms with Crippen molar-refractivity contribution < 1.29 is 49.3 Å². The zero-order chi connectivity index (χ0) is 18.8. The van der Waals surface area contributed by atoms with E-state index >= 15 is 0 Å². The fourth-order valence-electron chi connectivity index (χ4n) is 4.66. The molecule has 1 aliphatic carbocycles. The molecule has 26 heavy (non-hydrogen) atoms. The Hall–Kier alpha value is -0.850. The molecule has 148 valence electrons. The first-order valence-corrected chi connectivity index (χ1v) is 8.78. The van der Waals surface area contributed by atoms with Crippen LogP contribution in [0.5, 0.6) is 0 Å². The van der Waals surface area contributed by atoms with Crippen LogP contribution in [0.3, 0.4) is 0 Å². The van der Waals surface area contributed by atoms with Gasteiger partial charge in [0.15, 0.2) is 12.6 Å². The lowest BCUT2D eigenvalue weighted by Crippen LogP contribution is -2.62. The number of aliphatic hydroxyl groups is 5. The zero-order valence-electron chi connectivity index (χ0n) is 14.2. The number of ether oxygens (including phenoxy) is 4. The molecule has 4 rings (SSSR count). The van der Waals surface area contributed by atoms with Crippen LogP contribution in [0.15, 0.2) is 0 Å². The average molecular weight is 376 g/mol. The Balaban J connectivity index is 1.53. The van der Waals surface area contributed by atoms with Gasteiger partial charge in [0.05, 0.1) is 18.8 Å². The van der Waals surface area contributed by atoms with Crippen LogP contribution in [0, 0.1) is 17.8 Å². The van der Waals surface area contributed by atoms with E-state index in [9.17, 15) is 30.3 Å². The number of carbonyl (C=O) groups excluding carboxylic acids is 1. The average Bonchev–Trinajstić information content (AvgIpc) is 3.06. The molecule has 3 heterocycles. The van der Waals surface area contributed by atoms with Crippen molar-refractivity contribution in [3.8, 4) is 0 Å². The van der Waals surface area contributed by atoms with Gasteiger partial charge in [0.25, 0.3) is 0 Å². The molecular weight excluding hydrogens is 352 g/mol. The van der Waals surface area contributed by atoms with Crippen LogP contribution in [0.1, 0.15) is 13.3 Å². The smallest absolute Gasteiger partial charge is 0.314 e. The molecule has 0 spiro atoms. The van der Waals surface area contributed by atoms with Gasteiger partial charge < -0.3 is 44.5 Å². The number of rotatable bonds is 3. The summed E-state index contributed by atoms with van der Waals surface area (Å²) < 4.78 is 21.8. The number of hydrogen-bond acceptors (Lipinski definition) is 10. The molecule has 0 aromatic heterocycles. The van der Waals surface area contributed by atoms with Crippen molar-refractivity contribution in [1.82, 2.24) is 0 Å². The molecule has 1 saturated carbocycles. The second-order valence-electron chi connectivity index (χ2n) is 7.67. The molecule has 0 amide bonds. The summed E-state index contributed by atoms with van der Waals surface area (Å²) in [5.41, 5.74) is -1.20. The topological polar surface area (TPSA) is 155 Å². The summed E-state index contributed by atoms with van der Waals surface area (Å²) in [5, 5.41) is 50.0. The Labute approximate surface area is 149 Å². The Morgan fingerprint density at radius 2 is 1.92 bits per heavy atom. The Morgan fingerprint density at radius 1 is 1.19 bits per heavy atom. The van der Waals surface area contributed by atoms with Gasteiger partial charge >= 0.3 is 5.97 Å². The molecule has 3 saturated heterocycles. The van der Waals surface area contributed by atoms with Gasteiger partial charge in [-0.2, -0.15) is 0 Å². The van der Waals surface area contributed by atoms with Crippen molar-refractivity contribution in [2.45, 2.75) is 62.0 Å². The van der Waals surface area contributed by atoms with Crippen molar-refractivity contribution >= 4 is 5.97 Å². The second-order valence-corrected chi connectivity index (χ2v) is 7.67. The summed E-state index contributed by atoms with van der Waals surface area (Å²) in [7, 11) is 0. The van der Waals surface area contributed by atoms with Crippen LogP contribution in [0.2, 0.25) is 0 Å². The highest BCUT2D eigenvalue weighted by Gasteiger charge is 2.67. The molecule has 0 aromatic rings. The fraction of sp³-hybridized carbons (Fsp3) is 0.938. The van der Waals surface area contributed by atoms with Crippen molar-refractivity contribution in [1.29, 1.82) is 0 Å². The van der Waals surface area contributed by atoms with Gasteiger partial charge in [-0.25, -0.2) is 0 Å². The Bertz CT molecular complexity index is 569. The van der Waals surface area contributed by atoms with Gasteiger partial charge in [-0.05, 0) is 12.3 Å². The van der Waals surface area contributed by atoms with Crippen molar-refractivity contribution in [2.24, 2.45) is 17.8 Å². The highest BCUT2D eigenvalue weighted by atomic mass is 16.8. The second kappa shape index (κ2) is 6.35. The normalized spacial score (nSPS) is 56.3. The van der Waals surface area contributed by atoms with Gasteiger partial charge in [0, 0.05) is 5.92 Å². The third-order valence-corrected chi connectivity index (χ3v) is 6.23. The monoisotopic (exact) mass is 376 g/mol. The van der Waals surface area contributed by atoms with E-state index in [4.69, 9.17) is 18.9 Å². The van der Waals surface area contributed by atoms with E-state index in [-0.39, 0.29) is 12.5 Å². The third kappa shape index (κ3) is 2.52. The maximum atomic E-state index is 12.3. The van der Waals surface area contributed by atoms with Crippen molar-refractivity contribution in [3.63, 3.8) is 0 Å². The van der Waals surface area contributed by atoms with Gasteiger partial charge in [0.1, 0.15) is 36.4 Å². The maximum Gasteiger partial charge on any atom is 0.314 e. The highest BCUT2D eigenvalue weighted by Crippen LogP contribution is 2.54. The molecule has 4 fully saturated rings. The largest absolute Gasteiger partial charge is 0.462 e. The molecular formula is C16H24O10. The summed E-state index contributed by atoms with van der Waals surface area (Å²) in [6, 6.07) is 0. The molecule has 10 nitrogen and oxygen atoms in total. The number of aliphatic hydroxyl groups excluding tert-OH is 4. The lowest BCUT2D eigenvalue weighted by atomic mass is 9.76. The molecule has 0 unspecified atom stereocenters. The first kappa shape index (κ1) is 18.5. The maximum absolute atomic E-state index is 12.3. The highest BCUT2D eigenvalue weighted by molar-refractivity contribution is 5.76. The van der Waals surface area contributed by atoms with E-state index < -0.39 is 73.1 Å². The minimum Gasteiger partial charge on any atom is -0.462 e. The minimum atomic E-state index is -1.60. The summed E-state index contributed by atoms with van der Waals surface area (Å²) >= 11 is 0. The predicted molar refractivity (Wildman–Crippen MR) is 80.2 cm³/mol. The quantitative estimate of drug-likeness (QED) is 0.324. The van der Waals surface area contributed by atoms with Crippen molar-refractivity contribution in [3.05, 3.63) is 0 Å². The van der Waals surface area contributed by atoms with Crippen LogP contribution in [-0.4, -0.2) is 93.4 Å². The summed E-state index contributed by atoms with van der Waals surface area (Å²) in [6.45, 7) is 1.21. The van der Waals surface area contributed by atoms with E-state index in [0.29, 0.717) is 6.42 Å². The van der Waals surface area contributed by atoms with Crippen LogP contribution >= 0.6 is 0 Å². The summed E-state index contributed by atoms with van der Waals surface area (Å²) in [5.74, 6) is -2.05. The molecule has 0 radical (unpaired) electrons. The van der Waals surface area contributed by atoms with Gasteiger partial charge in [-0.15, -0.1) is 0 Å². The third-order valence-electron chi connectivity index (χ3n) is 6.23. The molecule has 3 aliphatic heterocycles. The van der Waals surface area contributed by atoms with E-state index in [2.05, 4.69) is 0 Å². The summed E-state index contributed by atoms with van der Waals surface area (Å²) in [4.78, 5) is 12.3. The predicted octanol–water partition coefficient (Wildman–Crippen LogP) is -2.91.